The van der Waals surface area contributed by atoms with Gasteiger partial charge in [0.2, 0.25) is 0 Å². The minimum absolute atomic E-state index is 0.0159. The molecule has 0 saturated heterocycles. The Morgan fingerprint density at radius 1 is 0.727 bits per heavy atom. The molecule has 0 amide bonds. The number of rotatable bonds is 5. The largest absolute Gasteiger partial charge is 0.507 e. The summed E-state index contributed by atoms with van der Waals surface area (Å²) < 4.78 is 4.73. The number of Topliss-reactive ketones (excluding diaryl/α,β-unsaturated/α-hetero) is 1. The Labute approximate surface area is 189 Å². The lowest BCUT2D eigenvalue weighted by Crippen LogP contribution is -2.02. The first-order valence-electron chi connectivity index (χ1n) is 9.95. The van der Waals surface area contributed by atoms with E-state index in [4.69, 9.17) is 4.74 Å². The van der Waals surface area contributed by atoms with Crippen LogP contribution in [0.2, 0.25) is 0 Å². The highest BCUT2D eigenvalue weighted by molar-refractivity contribution is 5.95. The molecule has 2 N–H and O–H groups in total. The lowest BCUT2D eigenvalue weighted by Gasteiger charge is -2.11. The average Bonchev–Trinajstić information content (AvgIpc) is 2.83. The van der Waals surface area contributed by atoms with E-state index in [2.05, 4.69) is 15.0 Å². The van der Waals surface area contributed by atoms with E-state index in [9.17, 15) is 19.8 Å². The van der Waals surface area contributed by atoms with Gasteiger partial charge in [-0.3, -0.25) is 4.79 Å². The van der Waals surface area contributed by atoms with Crippen LogP contribution >= 0.6 is 0 Å². The molecule has 1 heterocycles. The second kappa shape index (κ2) is 8.88. The summed E-state index contributed by atoms with van der Waals surface area (Å²) in [6.07, 6.45) is 0. The van der Waals surface area contributed by atoms with Crippen molar-refractivity contribution < 1.29 is 24.5 Å². The average molecular weight is 441 g/mol. The zero-order valence-corrected chi connectivity index (χ0v) is 17.8. The molecule has 0 unspecified atom stereocenters. The first-order chi connectivity index (χ1) is 15.9. The number of carbonyl (C=O) groups is 2. The number of ketones is 1. The normalized spacial score (nSPS) is 10.6. The van der Waals surface area contributed by atoms with Gasteiger partial charge in [0.05, 0.1) is 23.8 Å². The van der Waals surface area contributed by atoms with Crippen molar-refractivity contribution in [3.8, 4) is 45.7 Å². The molecule has 0 bridgehead atoms. The molecule has 8 heteroatoms. The third kappa shape index (κ3) is 4.40. The van der Waals surface area contributed by atoms with Crippen LogP contribution < -0.4 is 0 Å². The molecular weight excluding hydrogens is 422 g/mol. The fourth-order valence-electron chi connectivity index (χ4n) is 3.22. The van der Waals surface area contributed by atoms with Gasteiger partial charge in [0.25, 0.3) is 0 Å². The summed E-state index contributed by atoms with van der Waals surface area (Å²) >= 11 is 0. The summed E-state index contributed by atoms with van der Waals surface area (Å²) in [5.41, 5.74) is 1.99. The Kier molecular flexibility index (Phi) is 5.82. The van der Waals surface area contributed by atoms with Gasteiger partial charge in [-0.05, 0) is 43.3 Å². The third-order valence-corrected chi connectivity index (χ3v) is 4.99. The molecule has 4 aromatic rings. The molecule has 8 nitrogen and oxygen atoms in total. The fourth-order valence-corrected chi connectivity index (χ4v) is 3.22. The van der Waals surface area contributed by atoms with Crippen LogP contribution in [0.3, 0.4) is 0 Å². The van der Waals surface area contributed by atoms with Crippen LogP contribution in [0.25, 0.3) is 34.2 Å². The smallest absolute Gasteiger partial charge is 0.337 e. The van der Waals surface area contributed by atoms with Crippen molar-refractivity contribution in [3.63, 3.8) is 0 Å². The number of carbonyl (C=O) groups excluding carboxylic acids is 2. The van der Waals surface area contributed by atoms with Crippen LogP contribution in [0.4, 0.5) is 0 Å². The van der Waals surface area contributed by atoms with Gasteiger partial charge in [-0.15, -0.1) is 0 Å². The van der Waals surface area contributed by atoms with Gasteiger partial charge in [0, 0.05) is 11.1 Å². The predicted octanol–water partition coefficient (Wildman–Crippen LogP) is 4.27. The highest BCUT2D eigenvalue weighted by Gasteiger charge is 2.17. The van der Waals surface area contributed by atoms with E-state index in [0.717, 1.165) is 0 Å². The second-order valence-electron chi connectivity index (χ2n) is 7.18. The number of hydrogen-bond donors (Lipinski definition) is 2. The number of methoxy groups -OCH3 is 1. The number of ether oxygens (including phenoxy) is 1. The number of para-hydroxylation sites is 1. The van der Waals surface area contributed by atoms with Gasteiger partial charge >= 0.3 is 5.97 Å². The maximum absolute atomic E-state index is 11.7. The van der Waals surface area contributed by atoms with Crippen molar-refractivity contribution in [1.82, 2.24) is 15.0 Å². The monoisotopic (exact) mass is 441 g/mol. The number of aromatic hydroxyl groups is 2. The molecule has 3 aromatic carbocycles. The molecule has 0 saturated carbocycles. The zero-order valence-electron chi connectivity index (χ0n) is 17.8. The van der Waals surface area contributed by atoms with Gasteiger partial charge in [0.15, 0.2) is 23.3 Å². The second-order valence-corrected chi connectivity index (χ2v) is 7.18. The van der Waals surface area contributed by atoms with Crippen molar-refractivity contribution in [2.24, 2.45) is 0 Å². The Balaban J connectivity index is 1.89. The van der Waals surface area contributed by atoms with Gasteiger partial charge in [-0.25, -0.2) is 19.7 Å². The summed E-state index contributed by atoms with van der Waals surface area (Å²) in [5, 5.41) is 20.9. The Bertz CT molecular complexity index is 1370. The topological polar surface area (TPSA) is 122 Å². The van der Waals surface area contributed by atoms with E-state index in [1.807, 2.05) is 0 Å². The fraction of sp³-hybridized carbons (Fsp3) is 0.0800. The molecule has 0 aliphatic heterocycles. The van der Waals surface area contributed by atoms with E-state index < -0.39 is 5.97 Å². The molecule has 0 spiro atoms. The lowest BCUT2D eigenvalue weighted by atomic mass is 10.1. The Hall–Kier alpha value is -4.59. The minimum Gasteiger partial charge on any atom is -0.507 e. The van der Waals surface area contributed by atoms with Gasteiger partial charge in [-0.1, -0.05) is 30.3 Å². The van der Waals surface area contributed by atoms with E-state index in [1.54, 1.807) is 54.6 Å². The summed E-state index contributed by atoms with van der Waals surface area (Å²) in [6.45, 7) is 1.41. The Morgan fingerprint density at radius 3 is 1.88 bits per heavy atom. The molecular formula is C25H19N3O5. The SMILES string of the molecule is COC(=O)c1ccc(-c2nc(-c3ccccc3O)nc(-c3ccc(C(C)=O)cc3O)n2)cc1. The van der Waals surface area contributed by atoms with Crippen LogP contribution in [0.5, 0.6) is 11.5 Å². The number of aromatic nitrogens is 3. The van der Waals surface area contributed by atoms with Crippen LogP contribution in [-0.2, 0) is 4.74 Å². The van der Waals surface area contributed by atoms with Crippen molar-refractivity contribution in [1.29, 1.82) is 0 Å². The number of nitrogens with zero attached hydrogens (tertiary/aromatic N) is 3. The number of esters is 1. The van der Waals surface area contributed by atoms with Crippen molar-refractivity contribution in [3.05, 3.63) is 77.9 Å². The molecule has 4 rings (SSSR count). The zero-order chi connectivity index (χ0) is 23.5. The van der Waals surface area contributed by atoms with Crippen molar-refractivity contribution in [2.45, 2.75) is 6.92 Å². The van der Waals surface area contributed by atoms with Crippen molar-refractivity contribution >= 4 is 11.8 Å². The van der Waals surface area contributed by atoms with Crippen LogP contribution in [-0.4, -0.2) is 44.0 Å². The van der Waals surface area contributed by atoms with Gasteiger partial charge in [0.1, 0.15) is 11.5 Å². The molecule has 0 fully saturated rings. The highest BCUT2D eigenvalue weighted by atomic mass is 16.5. The molecule has 0 atom stereocenters. The van der Waals surface area contributed by atoms with Gasteiger partial charge in [-0.2, -0.15) is 0 Å². The summed E-state index contributed by atoms with van der Waals surface area (Å²) in [4.78, 5) is 36.8. The van der Waals surface area contributed by atoms with E-state index in [-0.39, 0.29) is 34.8 Å². The number of phenols is 2. The quantitative estimate of drug-likeness (QED) is 0.348. The highest BCUT2D eigenvalue weighted by Crippen LogP contribution is 2.33. The van der Waals surface area contributed by atoms with E-state index >= 15 is 0 Å². The summed E-state index contributed by atoms with van der Waals surface area (Å²) in [5.74, 6) is -0.216. The standard InChI is InChI=1S/C25H19N3O5/c1-14(29)17-11-12-19(21(31)13-17)24-27-22(15-7-9-16(10-8-15)25(32)33-2)26-23(28-24)18-5-3-4-6-20(18)30/h3-13,30-31H,1-2H3. The lowest BCUT2D eigenvalue weighted by molar-refractivity contribution is 0.0600. The molecule has 33 heavy (non-hydrogen) atoms. The van der Waals surface area contributed by atoms with E-state index in [0.29, 0.717) is 27.8 Å². The van der Waals surface area contributed by atoms with Crippen LogP contribution in [0.15, 0.2) is 66.7 Å². The predicted molar refractivity (Wildman–Crippen MR) is 121 cm³/mol. The molecule has 1 aromatic heterocycles. The molecule has 0 aliphatic carbocycles. The van der Waals surface area contributed by atoms with Crippen LogP contribution in [0, 0.1) is 0 Å². The maximum Gasteiger partial charge on any atom is 0.337 e. The molecule has 0 aliphatic rings. The molecule has 164 valence electrons. The van der Waals surface area contributed by atoms with Crippen LogP contribution in [0.1, 0.15) is 27.6 Å². The summed E-state index contributed by atoms with van der Waals surface area (Å²) in [6, 6.07) is 17.6. The minimum atomic E-state index is -0.469. The maximum atomic E-state index is 11.7. The number of benzene rings is 3. The Morgan fingerprint density at radius 2 is 1.30 bits per heavy atom. The van der Waals surface area contributed by atoms with Gasteiger partial charge < -0.3 is 14.9 Å². The molecule has 0 radical (unpaired) electrons. The van der Waals surface area contributed by atoms with E-state index in [1.165, 1.54) is 26.2 Å². The summed E-state index contributed by atoms with van der Waals surface area (Å²) in [7, 11) is 1.30. The van der Waals surface area contributed by atoms with Crippen molar-refractivity contribution in [2.75, 3.05) is 7.11 Å². The number of phenolic OH excluding ortho intramolecular Hbond substituents is 2. The first kappa shape index (κ1) is 21.6. The number of hydrogen-bond acceptors (Lipinski definition) is 8. The first-order valence-corrected chi connectivity index (χ1v) is 9.95. The third-order valence-electron chi connectivity index (χ3n) is 4.99.